The van der Waals surface area contributed by atoms with Gasteiger partial charge in [0.1, 0.15) is 12.6 Å². The predicted molar refractivity (Wildman–Crippen MR) is 166 cm³/mol. The summed E-state index contributed by atoms with van der Waals surface area (Å²) in [5.74, 6) is -0.672. The van der Waals surface area contributed by atoms with Crippen LogP contribution < -0.4 is 9.62 Å². The first-order valence-electron chi connectivity index (χ1n) is 13.6. The summed E-state index contributed by atoms with van der Waals surface area (Å²) in [6, 6.07) is 17.7. The Morgan fingerprint density at radius 3 is 2.00 bits per heavy atom. The highest BCUT2D eigenvalue weighted by atomic mass is 35.5. The lowest BCUT2D eigenvalue weighted by Crippen LogP contribution is -2.52. The number of hydrogen-bond donors (Lipinski definition) is 1. The van der Waals surface area contributed by atoms with Crippen molar-refractivity contribution in [3.05, 3.63) is 93.5 Å². The topological polar surface area (TPSA) is 86.8 Å². The van der Waals surface area contributed by atoms with E-state index >= 15 is 0 Å². The van der Waals surface area contributed by atoms with Crippen LogP contribution in [0.5, 0.6) is 0 Å². The Balaban J connectivity index is 2.11. The molecule has 7 nitrogen and oxygen atoms in total. The number of aryl methyl sites for hydroxylation is 1. The van der Waals surface area contributed by atoms with Crippen LogP contribution in [0.2, 0.25) is 10.0 Å². The number of nitrogens with one attached hydrogen (secondary N) is 1. The van der Waals surface area contributed by atoms with Crippen molar-refractivity contribution in [2.75, 3.05) is 17.4 Å². The van der Waals surface area contributed by atoms with Crippen LogP contribution in [0.25, 0.3) is 0 Å². The SMILES string of the molecule is CCNC(=O)C(CC)N(Cc1c(Cl)cccc1Cl)C(=O)CN(c1ccc(C(C)C)cc1)S(=O)(=O)c1ccc(C)cc1. The number of hydrogen-bond acceptors (Lipinski definition) is 4. The lowest BCUT2D eigenvalue weighted by Gasteiger charge is -2.33. The van der Waals surface area contributed by atoms with Crippen molar-refractivity contribution >= 4 is 50.7 Å². The molecule has 3 rings (SSSR count). The first kappa shape index (κ1) is 32.4. The predicted octanol–water partition coefficient (Wildman–Crippen LogP) is 6.56. The van der Waals surface area contributed by atoms with Gasteiger partial charge in [0.2, 0.25) is 11.8 Å². The Morgan fingerprint density at radius 2 is 1.49 bits per heavy atom. The van der Waals surface area contributed by atoms with Gasteiger partial charge in [0, 0.05) is 28.7 Å². The lowest BCUT2D eigenvalue weighted by molar-refractivity contribution is -0.140. The fraction of sp³-hybridized carbons (Fsp3) is 0.355. The number of benzene rings is 3. The van der Waals surface area contributed by atoms with Crippen LogP contribution in [0.1, 0.15) is 56.7 Å². The molecule has 0 fully saturated rings. The van der Waals surface area contributed by atoms with Gasteiger partial charge in [0.05, 0.1) is 10.6 Å². The number of halogens is 2. The Kier molecular flexibility index (Phi) is 11.2. The fourth-order valence-electron chi connectivity index (χ4n) is 4.46. The molecule has 0 heterocycles. The Hall–Kier alpha value is -3.07. The van der Waals surface area contributed by atoms with Gasteiger partial charge in [-0.15, -0.1) is 0 Å². The van der Waals surface area contributed by atoms with E-state index < -0.39 is 28.5 Å². The van der Waals surface area contributed by atoms with Crippen molar-refractivity contribution < 1.29 is 18.0 Å². The molecule has 0 saturated heterocycles. The summed E-state index contributed by atoms with van der Waals surface area (Å²) in [5, 5.41) is 3.46. The van der Waals surface area contributed by atoms with Gasteiger partial charge in [-0.2, -0.15) is 0 Å². The summed E-state index contributed by atoms with van der Waals surface area (Å²) in [5.41, 5.74) is 2.75. The van der Waals surface area contributed by atoms with E-state index in [0.29, 0.717) is 34.3 Å². The Labute approximate surface area is 253 Å². The Morgan fingerprint density at radius 1 is 0.902 bits per heavy atom. The zero-order chi connectivity index (χ0) is 30.3. The monoisotopic (exact) mass is 617 g/mol. The molecule has 1 N–H and O–H groups in total. The third-order valence-corrected chi connectivity index (χ3v) is 9.36. The molecule has 0 bridgehead atoms. The van der Waals surface area contributed by atoms with E-state index in [9.17, 15) is 18.0 Å². The van der Waals surface area contributed by atoms with E-state index in [4.69, 9.17) is 23.2 Å². The van der Waals surface area contributed by atoms with Crippen LogP contribution >= 0.6 is 23.2 Å². The number of likely N-dealkylation sites (N-methyl/N-ethyl adjacent to an activating group) is 1. The summed E-state index contributed by atoms with van der Waals surface area (Å²) in [7, 11) is -4.15. The summed E-state index contributed by atoms with van der Waals surface area (Å²) in [4.78, 5) is 28.6. The second-order valence-corrected chi connectivity index (χ2v) is 12.8. The van der Waals surface area contributed by atoms with Crippen LogP contribution in [0, 0.1) is 6.92 Å². The van der Waals surface area contributed by atoms with Crippen molar-refractivity contribution in [2.45, 2.75) is 64.4 Å². The van der Waals surface area contributed by atoms with Crippen LogP contribution in [0.4, 0.5) is 5.69 Å². The minimum absolute atomic E-state index is 0.0558. The maximum Gasteiger partial charge on any atom is 0.264 e. The molecule has 1 atom stereocenters. The molecule has 1 unspecified atom stereocenters. The molecule has 0 radical (unpaired) electrons. The zero-order valence-electron chi connectivity index (χ0n) is 24.0. The quantitative estimate of drug-likeness (QED) is 0.249. The third-order valence-electron chi connectivity index (χ3n) is 6.86. The van der Waals surface area contributed by atoms with E-state index in [1.54, 1.807) is 56.3 Å². The van der Waals surface area contributed by atoms with Crippen molar-refractivity contribution in [3.8, 4) is 0 Å². The molecule has 3 aromatic carbocycles. The minimum Gasteiger partial charge on any atom is -0.355 e. The standard InChI is InChI=1S/C31H37Cl2N3O4S/c1-6-29(31(38)34-7-2)35(19-26-27(32)9-8-10-28(26)33)30(37)20-36(24-15-13-23(14-16-24)21(3)4)41(39,40)25-17-11-22(5)12-18-25/h8-18,21,29H,6-7,19-20H2,1-5H3,(H,34,38). The average molecular weight is 619 g/mol. The molecule has 0 aliphatic rings. The number of amides is 2. The average Bonchev–Trinajstić information content (AvgIpc) is 2.93. The largest absolute Gasteiger partial charge is 0.355 e. The molecule has 0 aliphatic heterocycles. The third kappa shape index (κ3) is 7.82. The molecular weight excluding hydrogens is 581 g/mol. The van der Waals surface area contributed by atoms with Gasteiger partial charge < -0.3 is 10.2 Å². The number of anilines is 1. The van der Waals surface area contributed by atoms with Crippen molar-refractivity contribution in [2.24, 2.45) is 0 Å². The van der Waals surface area contributed by atoms with Gasteiger partial charge in [-0.05, 0) is 68.1 Å². The molecular formula is C31H37Cl2N3O4S. The molecule has 41 heavy (non-hydrogen) atoms. The fourth-order valence-corrected chi connectivity index (χ4v) is 6.39. The highest BCUT2D eigenvalue weighted by molar-refractivity contribution is 7.92. The molecule has 3 aromatic rings. The maximum absolute atomic E-state index is 14.1. The lowest BCUT2D eigenvalue weighted by atomic mass is 10.0. The minimum atomic E-state index is -4.15. The second-order valence-electron chi connectivity index (χ2n) is 10.1. The highest BCUT2D eigenvalue weighted by Gasteiger charge is 2.34. The van der Waals surface area contributed by atoms with Crippen molar-refractivity contribution in [1.82, 2.24) is 10.2 Å². The summed E-state index contributed by atoms with van der Waals surface area (Å²) in [6.45, 7) is 9.31. The molecule has 0 spiro atoms. The van der Waals surface area contributed by atoms with Gasteiger partial charge in [-0.25, -0.2) is 8.42 Å². The second kappa shape index (κ2) is 14.2. The first-order chi connectivity index (χ1) is 19.4. The normalized spacial score (nSPS) is 12.2. The van der Waals surface area contributed by atoms with E-state index in [1.165, 1.54) is 17.0 Å². The van der Waals surface area contributed by atoms with Gasteiger partial charge in [-0.3, -0.25) is 13.9 Å². The zero-order valence-corrected chi connectivity index (χ0v) is 26.4. The molecule has 0 aromatic heterocycles. The smallest absolute Gasteiger partial charge is 0.264 e. The van der Waals surface area contributed by atoms with Crippen LogP contribution in [-0.4, -0.2) is 44.3 Å². The first-order valence-corrected chi connectivity index (χ1v) is 15.8. The van der Waals surface area contributed by atoms with Gasteiger partial charge in [0.25, 0.3) is 10.0 Å². The number of carbonyl (C=O) groups excluding carboxylic acids is 2. The van der Waals surface area contributed by atoms with Gasteiger partial charge in [0.15, 0.2) is 0 Å². The van der Waals surface area contributed by atoms with E-state index in [1.807, 2.05) is 32.9 Å². The highest BCUT2D eigenvalue weighted by Crippen LogP contribution is 2.29. The summed E-state index contributed by atoms with van der Waals surface area (Å²) < 4.78 is 29.1. The van der Waals surface area contributed by atoms with Crippen LogP contribution in [0.15, 0.2) is 71.6 Å². The molecule has 10 heteroatoms. The summed E-state index contributed by atoms with van der Waals surface area (Å²) >= 11 is 12.9. The molecule has 220 valence electrons. The van der Waals surface area contributed by atoms with E-state index in [2.05, 4.69) is 5.32 Å². The van der Waals surface area contributed by atoms with Crippen molar-refractivity contribution in [3.63, 3.8) is 0 Å². The number of carbonyl (C=O) groups is 2. The molecule has 2 amide bonds. The number of sulfonamides is 1. The summed E-state index contributed by atoms with van der Waals surface area (Å²) in [6.07, 6.45) is 0.299. The Bertz CT molecular complexity index is 1440. The van der Waals surface area contributed by atoms with Crippen LogP contribution in [0.3, 0.4) is 0 Å². The van der Waals surface area contributed by atoms with Gasteiger partial charge in [-0.1, -0.05) is 79.9 Å². The molecule has 0 saturated carbocycles. The van der Waals surface area contributed by atoms with Crippen molar-refractivity contribution in [1.29, 1.82) is 0 Å². The number of nitrogens with zero attached hydrogens (tertiary/aromatic N) is 2. The maximum atomic E-state index is 14.1. The van der Waals surface area contributed by atoms with Crippen LogP contribution in [-0.2, 0) is 26.2 Å². The van der Waals surface area contributed by atoms with E-state index in [-0.39, 0.29) is 23.3 Å². The number of rotatable bonds is 12. The van der Waals surface area contributed by atoms with E-state index in [0.717, 1.165) is 15.4 Å². The molecule has 0 aliphatic carbocycles. The van der Waals surface area contributed by atoms with Gasteiger partial charge >= 0.3 is 0 Å².